The smallest absolute Gasteiger partial charge is 0.137 e. The molecule has 8 aromatic carbocycles. The maximum absolute atomic E-state index is 15.4. The number of anilines is 4. The van der Waals surface area contributed by atoms with E-state index >= 15 is 8.78 Å². The van der Waals surface area contributed by atoms with Gasteiger partial charge >= 0.3 is 0 Å². The van der Waals surface area contributed by atoms with Crippen LogP contribution in [0.3, 0.4) is 0 Å². The molecular weight excluding hydrogens is 987 g/mol. The minimum atomic E-state index is -0.622. The standard InChI is InChI=1S/C73H74F2N4O/c1-43(2)48-29-49(44(3)4)31-51(30-48)60-20-18-21-61(52-32-55(74)39-56(75)33-52)72(60)78-42-77(67-23-16-17-24-68(67)78)57-34-53(71-64(46(7)8)36-50(45(5)6)37-65(71)47(9)10)35-59(40-57)80-58-25-26-63-62-19-14-15-22-66(62)79(69(63)41-58)70-38-54(27-28-76-70)73(11,12)13/h14-41,43-47H,42H2,1-13H3. The fourth-order valence-electron chi connectivity index (χ4n) is 11.8. The van der Waals surface area contributed by atoms with Crippen LogP contribution in [-0.2, 0) is 5.41 Å². The van der Waals surface area contributed by atoms with E-state index in [2.05, 4.69) is 238 Å². The Balaban J connectivity index is 1.13. The number of hydrogen-bond donors (Lipinski definition) is 0. The second-order valence-electron chi connectivity index (χ2n) is 24.6. The third-order valence-corrected chi connectivity index (χ3v) is 16.2. The Labute approximate surface area is 472 Å². The lowest BCUT2D eigenvalue weighted by Gasteiger charge is -2.28. The van der Waals surface area contributed by atoms with E-state index in [-0.39, 0.29) is 29.1 Å². The maximum Gasteiger partial charge on any atom is 0.137 e. The molecule has 0 unspecified atom stereocenters. The van der Waals surface area contributed by atoms with Crippen molar-refractivity contribution in [3.63, 3.8) is 0 Å². The van der Waals surface area contributed by atoms with Gasteiger partial charge in [-0.15, -0.1) is 0 Å². The van der Waals surface area contributed by atoms with Crippen LogP contribution in [0.25, 0.3) is 61.0 Å². The van der Waals surface area contributed by atoms with Crippen molar-refractivity contribution in [2.45, 2.75) is 125 Å². The Morgan fingerprint density at radius 1 is 0.475 bits per heavy atom. The summed E-state index contributed by atoms with van der Waals surface area (Å²) < 4.78 is 40.4. The Morgan fingerprint density at radius 3 is 1.66 bits per heavy atom. The summed E-state index contributed by atoms with van der Waals surface area (Å²) in [6.07, 6.45) is 1.92. The SMILES string of the molecule is CC(C)c1cc(-c2cccc(-c3cc(F)cc(F)c3)c2N2CN(c3cc(Oc4ccc5c6ccccc6n(-c6cc(C(C)(C)C)ccn6)c5c4)cc(-c4c(C(C)C)cc(C(C)C)cc4C(C)C)c3)c3ccccc32)cc(C(C)C)c1. The number of nitrogens with zero attached hydrogens (tertiary/aromatic N) is 4. The minimum Gasteiger partial charge on any atom is -0.457 e. The van der Waals surface area contributed by atoms with E-state index < -0.39 is 11.6 Å². The number of ether oxygens (including phenoxy) is 1. The number of fused-ring (bicyclic) bond motifs is 4. The first-order valence-electron chi connectivity index (χ1n) is 28.6. The molecule has 406 valence electrons. The number of halogens is 2. The molecule has 0 N–H and O–H groups in total. The average molecular weight is 1060 g/mol. The van der Waals surface area contributed by atoms with Crippen LogP contribution in [0.4, 0.5) is 31.5 Å². The van der Waals surface area contributed by atoms with Crippen molar-refractivity contribution in [3.8, 4) is 50.7 Å². The van der Waals surface area contributed by atoms with Gasteiger partial charge in [-0.3, -0.25) is 4.57 Å². The lowest BCUT2D eigenvalue weighted by Crippen LogP contribution is -2.25. The highest BCUT2D eigenvalue weighted by Crippen LogP contribution is 2.52. The van der Waals surface area contributed by atoms with E-state index in [9.17, 15) is 0 Å². The summed E-state index contributed by atoms with van der Waals surface area (Å²) in [7, 11) is 0. The van der Waals surface area contributed by atoms with Crippen LogP contribution in [0.1, 0.15) is 153 Å². The number of benzene rings is 8. The van der Waals surface area contributed by atoms with Crippen molar-refractivity contribution in [3.05, 3.63) is 215 Å². The van der Waals surface area contributed by atoms with Crippen LogP contribution >= 0.6 is 0 Å². The second-order valence-corrected chi connectivity index (χ2v) is 24.6. The van der Waals surface area contributed by atoms with E-state index in [1.165, 1.54) is 51.1 Å². The van der Waals surface area contributed by atoms with E-state index in [1.807, 2.05) is 18.3 Å². The van der Waals surface area contributed by atoms with Crippen molar-refractivity contribution in [2.75, 3.05) is 16.5 Å². The zero-order valence-corrected chi connectivity index (χ0v) is 48.7. The number of pyridine rings is 1. The lowest BCUT2D eigenvalue weighted by molar-refractivity contribution is 0.483. The molecule has 0 saturated carbocycles. The molecule has 3 heterocycles. The third-order valence-electron chi connectivity index (χ3n) is 16.2. The lowest BCUT2D eigenvalue weighted by atomic mass is 9.81. The Bertz CT molecular complexity index is 3910. The number of rotatable bonds is 13. The number of para-hydroxylation sites is 4. The molecule has 0 atom stereocenters. The summed E-state index contributed by atoms with van der Waals surface area (Å²) >= 11 is 0. The zero-order chi connectivity index (χ0) is 56.5. The van der Waals surface area contributed by atoms with E-state index in [0.717, 1.165) is 78.7 Å². The first-order chi connectivity index (χ1) is 38.2. The molecule has 10 aromatic rings. The molecule has 1 aliphatic heterocycles. The largest absolute Gasteiger partial charge is 0.457 e. The van der Waals surface area contributed by atoms with Crippen LogP contribution in [0, 0.1) is 11.6 Å². The van der Waals surface area contributed by atoms with Crippen molar-refractivity contribution in [2.24, 2.45) is 0 Å². The molecule has 0 saturated heterocycles. The van der Waals surface area contributed by atoms with Gasteiger partial charge in [-0.2, -0.15) is 0 Å². The zero-order valence-electron chi connectivity index (χ0n) is 48.7. The van der Waals surface area contributed by atoms with E-state index in [4.69, 9.17) is 9.72 Å². The predicted molar refractivity (Wildman–Crippen MR) is 332 cm³/mol. The minimum absolute atomic E-state index is 0.0658. The highest BCUT2D eigenvalue weighted by atomic mass is 19.1. The van der Waals surface area contributed by atoms with Crippen molar-refractivity contribution < 1.29 is 13.5 Å². The molecule has 0 bridgehead atoms. The van der Waals surface area contributed by atoms with Crippen molar-refractivity contribution in [1.82, 2.24) is 9.55 Å². The van der Waals surface area contributed by atoms with Crippen LogP contribution in [0.5, 0.6) is 11.5 Å². The summed E-state index contributed by atoms with van der Waals surface area (Å²) in [5.41, 5.74) is 19.0. The first kappa shape index (κ1) is 53.9. The first-order valence-corrected chi connectivity index (χ1v) is 28.6. The van der Waals surface area contributed by atoms with Gasteiger partial charge in [0, 0.05) is 52.0 Å². The molecule has 0 spiro atoms. The maximum atomic E-state index is 15.4. The monoisotopic (exact) mass is 1060 g/mol. The fraction of sp³-hybridized carbons (Fsp3) is 0.274. The second kappa shape index (κ2) is 21.2. The molecule has 0 aliphatic carbocycles. The normalized spacial score (nSPS) is 12.9. The Hall–Kier alpha value is -8.03. The summed E-state index contributed by atoms with van der Waals surface area (Å²) in [6, 6.07) is 56.2. The van der Waals surface area contributed by atoms with Gasteiger partial charge in [0.25, 0.3) is 0 Å². The van der Waals surface area contributed by atoms with Gasteiger partial charge in [0.15, 0.2) is 0 Å². The molecule has 5 nitrogen and oxygen atoms in total. The number of hydrogen-bond acceptors (Lipinski definition) is 4. The molecule has 0 radical (unpaired) electrons. The highest BCUT2D eigenvalue weighted by molar-refractivity contribution is 6.09. The molecule has 11 rings (SSSR count). The van der Waals surface area contributed by atoms with Crippen LogP contribution in [0.2, 0.25) is 0 Å². The third kappa shape index (κ3) is 10.2. The predicted octanol–water partition coefficient (Wildman–Crippen LogP) is 21.4. The molecule has 80 heavy (non-hydrogen) atoms. The number of aromatic nitrogens is 2. The quantitative estimate of drug-likeness (QED) is 0.115. The molecule has 7 heteroatoms. The van der Waals surface area contributed by atoms with Gasteiger partial charge in [-0.05, 0) is 157 Å². The Kier molecular flexibility index (Phi) is 14.3. The van der Waals surface area contributed by atoms with Gasteiger partial charge in [0.2, 0.25) is 0 Å². The van der Waals surface area contributed by atoms with Gasteiger partial charge in [-0.1, -0.05) is 169 Å². The summed E-state index contributed by atoms with van der Waals surface area (Å²) in [4.78, 5) is 9.67. The van der Waals surface area contributed by atoms with Crippen molar-refractivity contribution >= 4 is 44.6 Å². The summed E-state index contributed by atoms with van der Waals surface area (Å²) in [5.74, 6) is 2.41. The van der Waals surface area contributed by atoms with Gasteiger partial charge in [0.1, 0.15) is 35.6 Å². The van der Waals surface area contributed by atoms with Gasteiger partial charge in [0.05, 0.1) is 28.1 Å². The fourth-order valence-corrected chi connectivity index (χ4v) is 11.8. The van der Waals surface area contributed by atoms with Crippen molar-refractivity contribution in [1.29, 1.82) is 0 Å². The molecule has 0 fully saturated rings. The van der Waals surface area contributed by atoms with Crippen LogP contribution < -0.4 is 14.5 Å². The van der Waals surface area contributed by atoms with E-state index in [1.54, 1.807) is 0 Å². The molecule has 1 aliphatic rings. The average Bonchev–Trinajstić information content (AvgIpc) is 4.07. The van der Waals surface area contributed by atoms with Crippen LogP contribution in [-0.4, -0.2) is 16.2 Å². The van der Waals surface area contributed by atoms with Crippen LogP contribution in [0.15, 0.2) is 170 Å². The summed E-state index contributed by atoms with van der Waals surface area (Å²) in [5, 5.41) is 2.26. The molecule has 2 aromatic heterocycles. The van der Waals surface area contributed by atoms with Gasteiger partial charge < -0.3 is 14.5 Å². The molecular formula is C73H74F2N4O. The Morgan fingerprint density at radius 2 is 1.05 bits per heavy atom. The molecule has 0 amide bonds. The topological polar surface area (TPSA) is 33.5 Å². The summed E-state index contributed by atoms with van der Waals surface area (Å²) in [6.45, 7) is 29.8. The van der Waals surface area contributed by atoms with Gasteiger partial charge in [-0.25, -0.2) is 13.8 Å². The van der Waals surface area contributed by atoms with E-state index in [0.29, 0.717) is 29.6 Å². The highest BCUT2D eigenvalue weighted by Gasteiger charge is 2.33.